The van der Waals surface area contributed by atoms with Gasteiger partial charge in [-0.1, -0.05) is 24.3 Å². The Balaban J connectivity index is 1.75. The Kier molecular flexibility index (Phi) is 4.29. The average Bonchev–Trinajstić information content (AvgIpc) is 2.56. The largest absolute Gasteiger partial charge is 0.354 e. The van der Waals surface area contributed by atoms with Crippen LogP contribution in [0.5, 0.6) is 0 Å². The number of amides is 1. The van der Waals surface area contributed by atoms with Crippen molar-refractivity contribution in [3.8, 4) is 0 Å². The van der Waals surface area contributed by atoms with E-state index in [1.807, 2.05) is 18.2 Å². The summed E-state index contributed by atoms with van der Waals surface area (Å²) in [6.07, 6.45) is 3.05. The highest BCUT2D eigenvalue weighted by molar-refractivity contribution is 6.04. The van der Waals surface area contributed by atoms with Gasteiger partial charge < -0.3 is 10.6 Å². The van der Waals surface area contributed by atoms with E-state index in [1.165, 1.54) is 18.3 Å². The molecule has 1 heterocycles. The van der Waals surface area contributed by atoms with Gasteiger partial charge in [-0.25, -0.2) is 4.39 Å². The highest BCUT2D eigenvalue weighted by atomic mass is 19.1. The number of rotatable bonds is 4. The number of pyridine rings is 1. The van der Waals surface area contributed by atoms with Gasteiger partial charge in [0.25, 0.3) is 5.91 Å². The lowest BCUT2D eigenvalue weighted by atomic mass is 10.2. The third kappa shape index (κ3) is 3.91. The molecular weight excluding hydrogens is 293 g/mol. The molecule has 0 saturated heterocycles. The molecule has 0 bridgehead atoms. The summed E-state index contributed by atoms with van der Waals surface area (Å²) in [4.78, 5) is 16.3. The van der Waals surface area contributed by atoms with E-state index in [4.69, 9.17) is 0 Å². The molecule has 3 aromatic rings. The first-order valence-corrected chi connectivity index (χ1v) is 7.05. The van der Waals surface area contributed by atoms with Crippen molar-refractivity contribution >= 4 is 23.0 Å². The Morgan fingerprint density at radius 2 is 1.65 bits per heavy atom. The number of para-hydroxylation sites is 1. The van der Waals surface area contributed by atoms with Crippen LogP contribution in [0.3, 0.4) is 0 Å². The lowest BCUT2D eigenvalue weighted by Gasteiger charge is -2.08. The Labute approximate surface area is 133 Å². The molecule has 0 spiro atoms. The molecule has 1 amide bonds. The molecule has 0 unspecified atom stereocenters. The van der Waals surface area contributed by atoms with E-state index in [0.717, 1.165) is 0 Å². The van der Waals surface area contributed by atoms with Gasteiger partial charge in [-0.2, -0.15) is 0 Å². The van der Waals surface area contributed by atoms with Gasteiger partial charge in [0.15, 0.2) is 0 Å². The summed E-state index contributed by atoms with van der Waals surface area (Å²) in [6.45, 7) is 0. The van der Waals surface area contributed by atoms with Crippen LogP contribution < -0.4 is 10.6 Å². The Morgan fingerprint density at radius 3 is 2.43 bits per heavy atom. The molecule has 0 fully saturated rings. The van der Waals surface area contributed by atoms with Crippen LogP contribution in [0.1, 0.15) is 10.4 Å². The van der Waals surface area contributed by atoms with Crippen LogP contribution in [0, 0.1) is 5.82 Å². The van der Waals surface area contributed by atoms with E-state index in [1.54, 1.807) is 36.5 Å². The summed E-state index contributed by atoms with van der Waals surface area (Å²) < 4.78 is 13.2. The molecule has 0 aliphatic rings. The van der Waals surface area contributed by atoms with E-state index in [0.29, 0.717) is 22.6 Å². The Hall–Kier alpha value is -3.21. The number of anilines is 3. The van der Waals surface area contributed by atoms with Crippen molar-refractivity contribution in [3.05, 3.63) is 84.4 Å². The number of halogens is 1. The van der Waals surface area contributed by atoms with Gasteiger partial charge >= 0.3 is 0 Å². The first-order chi connectivity index (χ1) is 11.2. The van der Waals surface area contributed by atoms with Gasteiger partial charge in [0.05, 0.1) is 17.4 Å². The van der Waals surface area contributed by atoms with E-state index in [-0.39, 0.29) is 11.7 Å². The summed E-state index contributed by atoms with van der Waals surface area (Å²) in [6, 6.07) is 16.9. The highest BCUT2D eigenvalue weighted by Gasteiger charge is 2.07. The minimum atomic E-state index is -0.332. The van der Waals surface area contributed by atoms with Gasteiger partial charge in [-0.05, 0) is 36.4 Å². The predicted octanol–water partition coefficient (Wildman–Crippen LogP) is 4.22. The minimum absolute atomic E-state index is 0.258. The van der Waals surface area contributed by atoms with Crippen LogP contribution in [0.15, 0.2) is 73.1 Å². The second-order valence-electron chi connectivity index (χ2n) is 4.92. The molecule has 2 N–H and O–H groups in total. The van der Waals surface area contributed by atoms with Crippen LogP contribution in [-0.2, 0) is 0 Å². The molecule has 23 heavy (non-hydrogen) atoms. The lowest BCUT2D eigenvalue weighted by molar-refractivity contribution is 0.102. The van der Waals surface area contributed by atoms with Gasteiger partial charge in [0.2, 0.25) is 0 Å². The molecule has 0 atom stereocenters. The summed E-state index contributed by atoms with van der Waals surface area (Å²) in [5, 5.41) is 5.81. The number of benzene rings is 2. The van der Waals surface area contributed by atoms with Crippen molar-refractivity contribution in [2.45, 2.75) is 0 Å². The van der Waals surface area contributed by atoms with Crippen LogP contribution in [0.2, 0.25) is 0 Å². The van der Waals surface area contributed by atoms with Crippen molar-refractivity contribution in [3.63, 3.8) is 0 Å². The number of hydrogen-bond donors (Lipinski definition) is 2. The number of nitrogens with zero attached hydrogens (tertiary/aromatic N) is 1. The molecule has 3 rings (SSSR count). The summed E-state index contributed by atoms with van der Waals surface area (Å²) in [5.41, 5.74) is 2.32. The second-order valence-corrected chi connectivity index (χ2v) is 4.92. The molecule has 5 heteroatoms. The van der Waals surface area contributed by atoms with Crippen molar-refractivity contribution in [1.29, 1.82) is 0 Å². The van der Waals surface area contributed by atoms with Crippen LogP contribution in [0.25, 0.3) is 0 Å². The topological polar surface area (TPSA) is 54.0 Å². The normalized spacial score (nSPS) is 10.1. The number of aromatic nitrogens is 1. The third-order valence-corrected chi connectivity index (χ3v) is 3.15. The lowest BCUT2D eigenvalue weighted by Crippen LogP contribution is -2.12. The zero-order chi connectivity index (χ0) is 16.1. The number of hydrogen-bond acceptors (Lipinski definition) is 3. The molecule has 0 aliphatic carbocycles. The molecule has 4 nitrogen and oxygen atoms in total. The van der Waals surface area contributed by atoms with E-state index in [9.17, 15) is 9.18 Å². The smallest absolute Gasteiger partial charge is 0.257 e. The van der Waals surface area contributed by atoms with Crippen molar-refractivity contribution in [2.24, 2.45) is 0 Å². The average molecular weight is 307 g/mol. The SMILES string of the molecule is O=C(Nc1ccccc1)c1cncc(Nc2cccc(F)c2)c1. The number of carbonyl (C=O) groups is 1. The Bertz CT molecular complexity index is 821. The Morgan fingerprint density at radius 1 is 0.870 bits per heavy atom. The van der Waals surface area contributed by atoms with Crippen molar-refractivity contribution < 1.29 is 9.18 Å². The van der Waals surface area contributed by atoms with E-state index >= 15 is 0 Å². The minimum Gasteiger partial charge on any atom is -0.354 e. The highest BCUT2D eigenvalue weighted by Crippen LogP contribution is 2.18. The second kappa shape index (κ2) is 6.70. The third-order valence-electron chi connectivity index (χ3n) is 3.15. The van der Waals surface area contributed by atoms with Crippen LogP contribution in [0.4, 0.5) is 21.5 Å². The fraction of sp³-hybridized carbons (Fsp3) is 0. The summed E-state index contributed by atoms with van der Waals surface area (Å²) in [5.74, 6) is -0.590. The van der Waals surface area contributed by atoms with Gasteiger partial charge in [-0.3, -0.25) is 9.78 Å². The summed E-state index contributed by atoms with van der Waals surface area (Å²) >= 11 is 0. The molecule has 1 aromatic heterocycles. The first kappa shape index (κ1) is 14.7. The van der Waals surface area contributed by atoms with Crippen molar-refractivity contribution in [1.82, 2.24) is 4.98 Å². The molecule has 0 aliphatic heterocycles. The maximum atomic E-state index is 13.2. The fourth-order valence-corrected chi connectivity index (χ4v) is 2.09. The first-order valence-electron chi connectivity index (χ1n) is 7.05. The molecule has 0 saturated carbocycles. The molecule has 114 valence electrons. The number of carbonyl (C=O) groups excluding carboxylic acids is 1. The van der Waals surface area contributed by atoms with Gasteiger partial charge in [0, 0.05) is 17.6 Å². The zero-order valence-corrected chi connectivity index (χ0v) is 12.2. The van der Waals surface area contributed by atoms with Gasteiger partial charge in [0.1, 0.15) is 5.82 Å². The quantitative estimate of drug-likeness (QED) is 0.759. The maximum absolute atomic E-state index is 13.2. The fourth-order valence-electron chi connectivity index (χ4n) is 2.09. The van der Waals surface area contributed by atoms with Gasteiger partial charge in [-0.15, -0.1) is 0 Å². The van der Waals surface area contributed by atoms with Crippen LogP contribution >= 0.6 is 0 Å². The predicted molar refractivity (Wildman–Crippen MR) is 88.3 cm³/mol. The molecular formula is C18H14FN3O. The standard InChI is InChI=1S/C18H14FN3O/c19-14-5-4-8-16(10-14)21-17-9-13(11-20-12-17)18(23)22-15-6-2-1-3-7-15/h1-12,21H,(H,22,23). The van der Waals surface area contributed by atoms with Crippen LogP contribution in [-0.4, -0.2) is 10.9 Å². The maximum Gasteiger partial charge on any atom is 0.257 e. The monoisotopic (exact) mass is 307 g/mol. The van der Waals surface area contributed by atoms with E-state index in [2.05, 4.69) is 15.6 Å². The van der Waals surface area contributed by atoms with Crippen molar-refractivity contribution in [2.75, 3.05) is 10.6 Å². The summed E-state index contributed by atoms with van der Waals surface area (Å²) in [7, 11) is 0. The molecule has 0 radical (unpaired) electrons. The van der Waals surface area contributed by atoms with E-state index < -0.39 is 0 Å². The number of nitrogens with one attached hydrogen (secondary N) is 2. The zero-order valence-electron chi connectivity index (χ0n) is 12.2. The molecule has 2 aromatic carbocycles.